The van der Waals surface area contributed by atoms with Crippen molar-refractivity contribution in [2.45, 2.75) is 0 Å². The van der Waals surface area contributed by atoms with Crippen molar-refractivity contribution in [3.8, 4) is 11.5 Å². The molecule has 8 nitrogen and oxygen atoms in total. The Bertz CT molecular complexity index is 456. The lowest BCUT2D eigenvalue weighted by Gasteiger charge is -2.06. The van der Waals surface area contributed by atoms with Crippen LogP contribution < -0.4 is 9.47 Å². The van der Waals surface area contributed by atoms with E-state index in [0.29, 0.717) is 5.75 Å². The Morgan fingerprint density at radius 2 is 2.35 bits per heavy atom. The van der Waals surface area contributed by atoms with Gasteiger partial charge in [0.15, 0.2) is 0 Å². The zero-order valence-corrected chi connectivity index (χ0v) is 9.07. The fourth-order valence-electron chi connectivity index (χ4n) is 1.13. The van der Waals surface area contributed by atoms with Crippen molar-refractivity contribution in [3.63, 3.8) is 0 Å². The fourth-order valence-corrected chi connectivity index (χ4v) is 1.13. The maximum Gasteiger partial charge on any atom is 0.311 e. The summed E-state index contributed by atoms with van der Waals surface area (Å²) in [5.41, 5.74) is 7.90. The number of nitro benzene ring substituents is 1. The number of ether oxygens (including phenoxy) is 2. The highest BCUT2D eigenvalue weighted by molar-refractivity contribution is 5.50. The molecule has 17 heavy (non-hydrogen) atoms. The average molecular weight is 238 g/mol. The zero-order valence-electron chi connectivity index (χ0n) is 9.07. The average Bonchev–Trinajstić information content (AvgIpc) is 2.34. The van der Waals surface area contributed by atoms with Gasteiger partial charge in [-0.25, -0.2) is 0 Å². The summed E-state index contributed by atoms with van der Waals surface area (Å²) in [6.07, 6.45) is 0. The minimum atomic E-state index is -0.553. The van der Waals surface area contributed by atoms with Gasteiger partial charge >= 0.3 is 5.69 Å². The van der Waals surface area contributed by atoms with E-state index in [2.05, 4.69) is 10.0 Å². The van der Waals surface area contributed by atoms with Crippen LogP contribution in [0.15, 0.2) is 23.3 Å². The van der Waals surface area contributed by atoms with E-state index in [1.54, 1.807) is 0 Å². The smallest absolute Gasteiger partial charge is 0.311 e. The molecule has 0 aliphatic heterocycles. The normalized spacial score (nSPS) is 9.24. The van der Waals surface area contributed by atoms with Gasteiger partial charge in [-0.1, -0.05) is 5.11 Å². The van der Waals surface area contributed by atoms with E-state index in [1.807, 2.05) is 0 Å². The Morgan fingerprint density at radius 1 is 1.59 bits per heavy atom. The summed E-state index contributed by atoms with van der Waals surface area (Å²) in [5.74, 6) is 0.539. The first-order chi connectivity index (χ1) is 8.19. The van der Waals surface area contributed by atoms with Gasteiger partial charge in [0.1, 0.15) is 5.75 Å². The van der Waals surface area contributed by atoms with Crippen LogP contribution >= 0.6 is 0 Å². The van der Waals surface area contributed by atoms with Crippen molar-refractivity contribution in [2.75, 3.05) is 20.3 Å². The van der Waals surface area contributed by atoms with Crippen LogP contribution in [0.25, 0.3) is 10.4 Å². The van der Waals surface area contributed by atoms with Gasteiger partial charge in [-0.15, -0.1) is 0 Å². The highest BCUT2D eigenvalue weighted by atomic mass is 16.6. The summed E-state index contributed by atoms with van der Waals surface area (Å²) in [6, 6.07) is 4.17. The first-order valence-electron chi connectivity index (χ1n) is 4.65. The monoisotopic (exact) mass is 238 g/mol. The SMILES string of the molecule is COc1ccc([N+](=O)[O-])c(OCCN=[N+]=[N-])c1. The largest absolute Gasteiger partial charge is 0.497 e. The quantitative estimate of drug-likeness (QED) is 0.189. The van der Waals surface area contributed by atoms with Crippen LogP contribution in [0, 0.1) is 10.1 Å². The fraction of sp³-hybridized carbons (Fsp3) is 0.333. The molecule has 1 rings (SSSR count). The minimum Gasteiger partial charge on any atom is -0.497 e. The molecule has 8 heteroatoms. The van der Waals surface area contributed by atoms with Gasteiger partial charge in [0.2, 0.25) is 5.75 Å². The van der Waals surface area contributed by atoms with Crippen molar-refractivity contribution in [1.82, 2.24) is 0 Å². The van der Waals surface area contributed by atoms with Crippen molar-refractivity contribution < 1.29 is 14.4 Å². The Balaban J connectivity index is 2.85. The number of nitro groups is 1. The number of nitrogens with zero attached hydrogens (tertiary/aromatic N) is 4. The molecule has 0 N–H and O–H groups in total. The van der Waals surface area contributed by atoms with Gasteiger partial charge in [-0.3, -0.25) is 10.1 Å². The molecule has 0 bridgehead atoms. The van der Waals surface area contributed by atoms with Crippen molar-refractivity contribution >= 4 is 5.69 Å². The van der Waals surface area contributed by atoms with Gasteiger partial charge in [-0.2, -0.15) is 0 Å². The van der Waals surface area contributed by atoms with Gasteiger partial charge < -0.3 is 9.47 Å². The van der Waals surface area contributed by atoms with Crippen LogP contribution in [-0.2, 0) is 0 Å². The lowest BCUT2D eigenvalue weighted by molar-refractivity contribution is -0.385. The van der Waals surface area contributed by atoms with E-state index < -0.39 is 4.92 Å². The maximum atomic E-state index is 10.7. The van der Waals surface area contributed by atoms with Crippen LogP contribution in [0.4, 0.5) is 5.69 Å². The Morgan fingerprint density at radius 3 is 2.94 bits per heavy atom. The molecule has 1 aromatic carbocycles. The summed E-state index contributed by atoms with van der Waals surface area (Å²) in [4.78, 5) is 12.7. The molecule has 0 unspecified atom stereocenters. The summed E-state index contributed by atoms with van der Waals surface area (Å²) in [5, 5.41) is 14.0. The van der Waals surface area contributed by atoms with Crippen LogP contribution in [0.5, 0.6) is 11.5 Å². The molecule has 0 saturated carbocycles. The first kappa shape index (κ1) is 12.6. The molecular formula is C9H10N4O4. The number of hydrogen-bond donors (Lipinski definition) is 0. The molecule has 0 spiro atoms. The summed E-state index contributed by atoms with van der Waals surface area (Å²) in [7, 11) is 1.45. The van der Waals surface area contributed by atoms with E-state index in [0.717, 1.165) is 0 Å². The molecule has 0 atom stereocenters. The summed E-state index contributed by atoms with van der Waals surface area (Å²) < 4.78 is 10.1. The lowest BCUT2D eigenvalue weighted by atomic mass is 10.3. The third kappa shape index (κ3) is 3.54. The molecule has 0 aliphatic carbocycles. The van der Waals surface area contributed by atoms with Gasteiger partial charge in [0.25, 0.3) is 0 Å². The first-order valence-corrected chi connectivity index (χ1v) is 4.65. The highest BCUT2D eigenvalue weighted by Crippen LogP contribution is 2.30. The third-order valence-electron chi connectivity index (χ3n) is 1.88. The summed E-state index contributed by atoms with van der Waals surface area (Å²) >= 11 is 0. The Hall–Kier alpha value is -2.47. The molecule has 0 saturated heterocycles. The van der Waals surface area contributed by atoms with Crippen LogP contribution in [0.3, 0.4) is 0 Å². The van der Waals surface area contributed by atoms with Gasteiger partial charge in [-0.05, 0) is 11.6 Å². The molecule has 0 fully saturated rings. The second-order valence-corrected chi connectivity index (χ2v) is 2.89. The minimum absolute atomic E-state index is 0.0675. The molecule has 0 aliphatic rings. The van der Waals surface area contributed by atoms with Crippen LogP contribution in [-0.4, -0.2) is 25.2 Å². The molecule has 0 aromatic heterocycles. The van der Waals surface area contributed by atoms with E-state index >= 15 is 0 Å². The van der Waals surface area contributed by atoms with Crippen molar-refractivity contribution in [1.29, 1.82) is 0 Å². The highest BCUT2D eigenvalue weighted by Gasteiger charge is 2.15. The third-order valence-corrected chi connectivity index (χ3v) is 1.88. The Labute approximate surface area is 96.5 Å². The predicted molar refractivity (Wildman–Crippen MR) is 59.2 cm³/mol. The van der Waals surface area contributed by atoms with Gasteiger partial charge in [0, 0.05) is 17.0 Å². The second kappa shape index (κ2) is 6.19. The number of hydrogen-bond acceptors (Lipinski definition) is 5. The van der Waals surface area contributed by atoms with E-state index in [9.17, 15) is 10.1 Å². The standard InChI is InChI=1S/C9H10N4O4/c1-16-7-2-3-8(13(14)15)9(6-7)17-5-4-11-12-10/h2-3,6H,4-5H2,1H3. The molecule has 90 valence electrons. The van der Waals surface area contributed by atoms with E-state index in [1.165, 1.54) is 25.3 Å². The zero-order chi connectivity index (χ0) is 12.7. The number of rotatable bonds is 6. The number of benzene rings is 1. The number of azide groups is 1. The maximum absolute atomic E-state index is 10.7. The lowest BCUT2D eigenvalue weighted by Crippen LogP contribution is -2.03. The molecular weight excluding hydrogens is 228 g/mol. The second-order valence-electron chi connectivity index (χ2n) is 2.89. The van der Waals surface area contributed by atoms with Crippen LogP contribution in [0.1, 0.15) is 0 Å². The predicted octanol–water partition coefficient (Wildman–Crippen LogP) is 2.29. The van der Waals surface area contributed by atoms with Crippen LogP contribution in [0.2, 0.25) is 0 Å². The topological polar surface area (TPSA) is 110 Å². The van der Waals surface area contributed by atoms with E-state index in [-0.39, 0.29) is 24.6 Å². The molecule has 0 amide bonds. The van der Waals surface area contributed by atoms with Crippen molar-refractivity contribution in [3.05, 3.63) is 38.8 Å². The molecule has 0 heterocycles. The van der Waals surface area contributed by atoms with Gasteiger partial charge in [0.05, 0.1) is 25.2 Å². The molecule has 1 aromatic rings. The Kier molecular flexibility index (Phi) is 4.58. The number of methoxy groups -OCH3 is 1. The summed E-state index contributed by atoms with van der Waals surface area (Å²) in [6.45, 7) is 0.170. The van der Waals surface area contributed by atoms with E-state index in [4.69, 9.17) is 15.0 Å². The molecule has 0 radical (unpaired) electrons. The van der Waals surface area contributed by atoms with Crippen molar-refractivity contribution in [2.24, 2.45) is 5.11 Å².